The summed E-state index contributed by atoms with van der Waals surface area (Å²) >= 11 is 0. The largest absolute Gasteiger partial charge is 0.493 e. The van der Waals surface area contributed by atoms with Crippen LogP contribution in [-0.2, 0) is 25.4 Å². The number of rotatable bonds is 19. The van der Waals surface area contributed by atoms with E-state index in [4.69, 9.17) is 29.4 Å². The maximum atomic E-state index is 13.2. The van der Waals surface area contributed by atoms with Crippen LogP contribution in [0.3, 0.4) is 0 Å². The molecule has 1 amide bonds. The topological polar surface area (TPSA) is 122 Å². The van der Waals surface area contributed by atoms with E-state index >= 15 is 0 Å². The molecule has 1 aromatic rings. The fourth-order valence-electron chi connectivity index (χ4n) is 5.62. The van der Waals surface area contributed by atoms with Gasteiger partial charge in [-0.3, -0.25) is 4.79 Å². The molecule has 1 saturated heterocycles. The third-order valence-electron chi connectivity index (χ3n) is 8.56. The van der Waals surface area contributed by atoms with Gasteiger partial charge < -0.3 is 39.8 Å². The molecular formula is C33H58N2O7. The van der Waals surface area contributed by atoms with Crippen molar-refractivity contribution in [2.45, 2.75) is 84.5 Å². The molecule has 42 heavy (non-hydrogen) atoms. The second kappa shape index (κ2) is 19.4. The summed E-state index contributed by atoms with van der Waals surface area (Å²) < 4.78 is 27.8. The van der Waals surface area contributed by atoms with Crippen LogP contribution >= 0.6 is 0 Å². The van der Waals surface area contributed by atoms with Gasteiger partial charge in [0.25, 0.3) is 0 Å². The van der Waals surface area contributed by atoms with Crippen molar-refractivity contribution >= 4 is 5.91 Å². The lowest BCUT2D eigenvalue weighted by atomic mass is 9.80. The Labute approximate surface area is 254 Å². The third kappa shape index (κ3) is 12.4. The van der Waals surface area contributed by atoms with E-state index in [1.165, 1.54) is 0 Å². The first-order chi connectivity index (χ1) is 20.1. The van der Waals surface area contributed by atoms with Crippen LogP contribution in [0.15, 0.2) is 18.2 Å². The van der Waals surface area contributed by atoms with E-state index in [2.05, 4.69) is 25.2 Å². The third-order valence-corrected chi connectivity index (χ3v) is 8.56. The minimum atomic E-state index is -0.779. The average Bonchev–Trinajstić information content (AvgIpc) is 3.21. The molecule has 9 nitrogen and oxygen atoms in total. The van der Waals surface area contributed by atoms with Gasteiger partial charge in [0.05, 0.1) is 32.5 Å². The van der Waals surface area contributed by atoms with Gasteiger partial charge in [0.1, 0.15) is 0 Å². The zero-order valence-electron chi connectivity index (χ0n) is 27.1. The van der Waals surface area contributed by atoms with E-state index in [0.717, 1.165) is 37.0 Å². The van der Waals surface area contributed by atoms with Crippen molar-refractivity contribution in [3.63, 3.8) is 0 Å². The van der Waals surface area contributed by atoms with Gasteiger partial charge in [0.15, 0.2) is 11.5 Å². The first-order valence-electron chi connectivity index (χ1n) is 15.7. The van der Waals surface area contributed by atoms with Crippen molar-refractivity contribution in [3.8, 4) is 11.5 Å². The second-order valence-electron chi connectivity index (χ2n) is 12.5. The van der Waals surface area contributed by atoms with Crippen LogP contribution in [0.2, 0.25) is 0 Å². The van der Waals surface area contributed by atoms with Gasteiger partial charge in [-0.2, -0.15) is 0 Å². The van der Waals surface area contributed by atoms with Gasteiger partial charge in [-0.25, -0.2) is 0 Å². The minimum absolute atomic E-state index is 0.0360. The summed E-state index contributed by atoms with van der Waals surface area (Å²) in [6.45, 7) is 11.4. The molecule has 0 aliphatic carbocycles. The van der Waals surface area contributed by atoms with Gasteiger partial charge >= 0.3 is 0 Å². The van der Waals surface area contributed by atoms with Crippen molar-refractivity contribution in [2.75, 3.05) is 54.3 Å². The summed E-state index contributed by atoms with van der Waals surface area (Å²) in [5.74, 6) is 1.95. The van der Waals surface area contributed by atoms with E-state index in [-0.39, 0.29) is 35.7 Å². The summed E-state index contributed by atoms with van der Waals surface area (Å²) in [4.78, 5) is 13.2. The molecule has 9 heteroatoms. The molecule has 0 aromatic heterocycles. The Morgan fingerprint density at radius 2 is 1.86 bits per heavy atom. The number of ether oxygens (including phenoxy) is 5. The molecule has 1 aliphatic heterocycles. The molecule has 4 N–H and O–H groups in total. The molecule has 1 fully saturated rings. The van der Waals surface area contributed by atoms with Crippen molar-refractivity contribution in [1.29, 1.82) is 0 Å². The quantitative estimate of drug-likeness (QED) is 0.204. The SMILES string of the molecule is COCCCOc1cc(C[C@@H](C[C@H](N)C(O)CC(C(=O)NC[C@H]2COCCC(OC)C2)C(C)C)C(C)C)ccc1OC. The highest BCUT2D eigenvalue weighted by Gasteiger charge is 2.30. The Hall–Kier alpha value is -1.91. The molecule has 0 bridgehead atoms. The highest BCUT2D eigenvalue weighted by molar-refractivity contribution is 5.78. The number of nitrogens with two attached hydrogens (primary N) is 1. The standard InChI is InChI=1S/C33H58N2O7/c1-22(2)26(15-24-9-10-31(40-7)32(17-24)42-13-8-12-38-5)18-29(34)30(36)19-28(23(3)4)33(37)35-20-25-16-27(39-6)11-14-41-21-25/h9-10,17,22-23,25-30,36H,8,11-16,18-21,34H2,1-7H3,(H,35,37)/t25-,26-,27?,28?,29-,30?/m0/s1. The molecule has 242 valence electrons. The number of methoxy groups -OCH3 is 3. The minimum Gasteiger partial charge on any atom is -0.493 e. The second-order valence-corrected chi connectivity index (χ2v) is 12.5. The number of benzene rings is 1. The lowest BCUT2D eigenvalue weighted by Gasteiger charge is -2.30. The summed E-state index contributed by atoms with van der Waals surface area (Å²) in [6, 6.07) is 5.60. The molecule has 0 spiro atoms. The van der Waals surface area contributed by atoms with E-state index in [0.29, 0.717) is 57.5 Å². The zero-order chi connectivity index (χ0) is 31.1. The fraction of sp³-hybridized carbons (Fsp3) is 0.788. The van der Waals surface area contributed by atoms with Gasteiger partial charge in [-0.1, -0.05) is 33.8 Å². The first-order valence-corrected chi connectivity index (χ1v) is 15.7. The van der Waals surface area contributed by atoms with Crippen LogP contribution in [0, 0.1) is 29.6 Å². The van der Waals surface area contributed by atoms with Crippen molar-refractivity contribution in [3.05, 3.63) is 23.8 Å². The lowest BCUT2D eigenvalue weighted by Crippen LogP contribution is -2.43. The smallest absolute Gasteiger partial charge is 0.223 e. The number of hydrogen-bond acceptors (Lipinski definition) is 8. The number of nitrogens with one attached hydrogen (secondary N) is 1. The van der Waals surface area contributed by atoms with Crippen molar-refractivity contribution in [2.24, 2.45) is 35.3 Å². The van der Waals surface area contributed by atoms with E-state index in [1.807, 2.05) is 26.0 Å². The molecule has 0 saturated carbocycles. The fourth-order valence-corrected chi connectivity index (χ4v) is 5.62. The Bertz CT molecular complexity index is 897. The molecule has 0 radical (unpaired) electrons. The average molecular weight is 595 g/mol. The Morgan fingerprint density at radius 1 is 1.10 bits per heavy atom. The number of hydrogen-bond donors (Lipinski definition) is 3. The van der Waals surface area contributed by atoms with Crippen LogP contribution in [0.25, 0.3) is 0 Å². The predicted octanol–water partition coefficient (Wildman–Crippen LogP) is 4.22. The first kappa shape index (κ1) is 36.3. The van der Waals surface area contributed by atoms with Crippen molar-refractivity contribution in [1.82, 2.24) is 5.32 Å². The van der Waals surface area contributed by atoms with E-state index in [9.17, 15) is 9.90 Å². The highest BCUT2D eigenvalue weighted by atomic mass is 16.5. The van der Waals surface area contributed by atoms with Crippen LogP contribution < -0.4 is 20.5 Å². The maximum absolute atomic E-state index is 13.2. The Balaban J connectivity index is 1.97. The van der Waals surface area contributed by atoms with E-state index < -0.39 is 12.1 Å². The molecule has 1 aromatic carbocycles. The van der Waals surface area contributed by atoms with Gasteiger partial charge in [0, 0.05) is 58.3 Å². The molecule has 2 rings (SSSR count). The zero-order valence-corrected chi connectivity index (χ0v) is 27.1. The molecule has 3 unspecified atom stereocenters. The summed E-state index contributed by atoms with van der Waals surface area (Å²) in [7, 11) is 5.05. The molecule has 6 atom stereocenters. The van der Waals surface area contributed by atoms with Gasteiger partial charge in [0.2, 0.25) is 5.91 Å². The van der Waals surface area contributed by atoms with Crippen LogP contribution in [0.5, 0.6) is 11.5 Å². The molecule has 1 aliphatic rings. The number of carbonyl (C=O) groups excluding carboxylic acids is 1. The van der Waals surface area contributed by atoms with E-state index in [1.54, 1.807) is 21.3 Å². The number of aliphatic hydroxyl groups is 1. The number of amides is 1. The normalized spacial score (nSPS) is 20.5. The van der Waals surface area contributed by atoms with Crippen LogP contribution in [0.4, 0.5) is 0 Å². The summed E-state index contributed by atoms with van der Waals surface area (Å²) in [5.41, 5.74) is 7.73. The lowest BCUT2D eigenvalue weighted by molar-refractivity contribution is -0.128. The van der Waals surface area contributed by atoms with Crippen molar-refractivity contribution < 1.29 is 33.6 Å². The summed E-state index contributed by atoms with van der Waals surface area (Å²) in [6.07, 6.45) is 3.70. The van der Waals surface area contributed by atoms with Crippen LogP contribution in [0.1, 0.15) is 65.4 Å². The van der Waals surface area contributed by atoms with Gasteiger partial charge in [-0.15, -0.1) is 0 Å². The maximum Gasteiger partial charge on any atom is 0.223 e. The molecule has 1 heterocycles. The van der Waals surface area contributed by atoms with Crippen LogP contribution in [-0.4, -0.2) is 83.6 Å². The Kier molecular flexibility index (Phi) is 16.7. The van der Waals surface area contributed by atoms with Gasteiger partial charge in [-0.05, 0) is 67.6 Å². The predicted molar refractivity (Wildman–Crippen MR) is 166 cm³/mol. The molecular weight excluding hydrogens is 536 g/mol. The monoisotopic (exact) mass is 594 g/mol. The highest BCUT2D eigenvalue weighted by Crippen LogP contribution is 2.32. The number of aliphatic hydroxyl groups excluding tert-OH is 1. The summed E-state index contributed by atoms with van der Waals surface area (Å²) in [5, 5.41) is 14.3. The number of carbonyl (C=O) groups is 1. The Morgan fingerprint density at radius 3 is 2.50 bits per heavy atom.